The highest BCUT2D eigenvalue weighted by Gasteiger charge is 2.11. The molecule has 6 nitrogen and oxygen atoms in total. The molecule has 0 saturated carbocycles. The first-order chi connectivity index (χ1) is 11.1. The maximum Gasteiger partial charge on any atom is 0.344 e. The maximum atomic E-state index is 11.7. The topological polar surface area (TPSA) is 88.4 Å². The molecule has 118 valence electrons. The van der Waals surface area contributed by atoms with Crippen LogP contribution in [0.1, 0.15) is 5.56 Å². The second-order valence-corrected chi connectivity index (χ2v) is 6.06. The number of halogens is 1. The van der Waals surface area contributed by atoms with Crippen molar-refractivity contribution in [3.63, 3.8) is 0 Å². The summed E-state index contributed by atoms with van der Waals surface area (Å²) in [5.41, 5.74) is 0.369. The van der Waals surface area contributed by atoms with Crippen LogP contribution in [0.5, 0.6) is 5.75 Å². The van der Waals surface area contributed by atoms with Gasteiger partial charge in [-0.25, -0.2) is 4.79 Å². The summed E-state index contributed by atoms with van der Waals surface area (Å²) in [5.74, 6) is -0.650. The monoisotopic (exact) mass is 394 g/mol. The molecule has 8 heteroatoms. The van der Waals surface area contributed by atoms with E-state index in [0.29, 0.717) is 16.3 Å². The van der Waals surface area contributed by atoms with E-state index >= 15 is 0 Å². The lowest BCUT2D eigenvalue weighted by molar-refractivity contribution is -0.149. The molecule has 0 aliphatic heterocycles. The van der Waals surface area contributed by atoms with E-state index in [0.717, 1.165) is 4.47 Å². The van der Waals surface area contributed by atoms with E-state index in [-0.39, 0.29) is 6.61 Å². The predicted octanol–water partition coefficient (Wildman–Crippen LogP) is 2.94. The molecule has 1 amide bonds. The van der Waals surface area contributed by atoms with Crippen LogP contribution < -0.4 is 10.1 Å². The Morgan fingerprint density at radius 1 is 1.22 bits per heavy atom. The lowest BCUT2D eigenvalue weighted by Gasteiger charge is -2.07. The van der Waals surface area contributed by atoms with Crippen LogP contribution in [0.3, 0.4) is 0 Å². The maximum absolute atomic E-state index is 11.7. The third-order valence-electron chi connectivity index (χ3n) is 2.57. The second-order valence-electron chi connectivity index (χ2n) is 4.23. The Morgan fingerprint density at radius 3 is 2.65 bits per heavy atom. The number of anilines is 1. The van der Waals surface area contributed by atoms with Crippen molar-refractivity contribution >= 4 is 44.1 Å². The van der Waals surface area contributed by atoms with E-state index in [1.54, 1.807) is 35.7 Å². The van der Waals surface area contributed by atoms with Gasteiger partial charge in [-0.05, 0) is 35.7 Å². The number of amides is 1. The van der Waals surface area contributed by atoms with Gasteiger partial charge in [-0.1, -0.05) is 15.9 Å². The number of benzene rings is 1. The molecule has 2 rings (SSSR count). The Balaban J connectivity index is 1.72. The Hall–Kier alpha value is -2.37. The molecule has 1 N–H and O–H groups in total. The smallest absolute Gasteiger partial charge is 0.344 e. The van der Waals surface area contributed by atoms with Crippen LogP contribution in [0.25, 0.3) is 0 Å². The standard InChI is InChI=1S/C15H11BrN2O4S/c16-11-1-3-12(4-2-11)21-9-14(20)22-8-13(19)18-15-10(7-17)5-6-23-15/h1-6H,8-9H2,(H,18,19). The molecule has 1 heterocycles. The van der Waals surface area contributed by atoms with Gasteiger partial charge in [0.1, 0.15) is 16.8 Å². The highest BCUT2D eigenvalue weighted by atomic mass is 79.9. The fraction of sp³-hybridized carbons (Fsp3) is 0.133. The van der Waals surface area contributed by atoms with Gasteiger partial charge in [0.15, 0.2) is 13.2 Å². The molecule has 0 bridgehead atoms. The Bertz CT molecular complexity index is 737. The van der Waals surface area contributed by atoms with Gasteiger partial charge >= 0.3 is 5.97 Å². The molecule has 0 atom stereocenters. The predicted molar refractivity (Wildman–Crippen MR) is 88.3 cm³/mol. The summed E-state index contributed by atoms with van der Waals surface area (Å²) in [5, 5.41) is 13.5. The lowest BCUT2D eigenvalue weighted by Crippen LogP contribution is -2.23. The minimum Gasteiger partial charge on any atom is -0.482 e. The molecule has 1 aromatic carbocycles. The molecule has 2 aromatic rings. The van der Waals surface area contributed by atoms with Crippen LogP contribution >= 0.6 is 27.3 Å². The van der Waals surface area contributed by atoms with Crippen molar-refractivity contribution in [2.24, 2.45) is 0 Å². The quantitative estimate of drug-likeness (QED) is 0.760. The van der Waals surface area contributed by atoms with E-state index in [9.17, 15) is 9.59 Å². The van der Waals surface area contributed by atoms with Gasteiger partial charge in [-0.15, -0.1) is 11.3 Å². The number of carbonyl (C=O) groups excluding carboxylic acids is 2. The normalized spacial score (nSPS) is 9.74. The van der Waals surface area contributed by atoms with E-state index < -0.39 is 18.5 Å². The summed E-state index contributed by atoms with van der Waals surface area (Å²) in [6.07, 6.45) is 0. The van der Waals surface area contributed by atoms with Gasteiger partial charge in [0.2, 0.25) is 0 Å². The van der Waals surface area contributed by atoms with E-state index in [1.165, 1.54) is 11.3 Å². The zero-order valence-corrected chi connectivity index (χ0v) is 14.1. The molecule has 0 saturated heterocycles. The third kappa shape index (κ3) is 5.39. The Labute approximate surface area is 144 Å². The summed E-state index contributed by atoms with van der Waals surface area (Å²) < 4.78 is 10.9. The van der Waals surface area contributed by atoms with Crippen molar-refractivity contribution in [2.75, 3.05) is 18.5 Å². The molecule has 0 spiro atoms. The van der Waals surface area contributed by atoms with Crippen molar-refractivity contribution < 1.29 is 19.1 Å². The van der Waals surface area contributed by atoms with Gasteiger partial charge in [-0.2, -0.15) is 5.26 Å². The molecular formula is C15H11BrN2O4S. The van der Waals surface area contributed by atoms with Crippen molar-refractivity contribution in [1.29, 1.82) is 5.26 Å². The van der Waals surface area contributed by atoms with Crippen LogP contribution in [-0.2, 0) is 14.3 Å². The zero-order valence-electron chi connectivity index (χ0n) is 11.7. The number of thiophene rings is 1. The highest BCUT2D eigenvalue weighted by molar-refractivity contribution is 9.10. The SMILES string of the molecule is N#Cc1ccsc1NC(=O)COC(=O)COc1ccc(Br)cc1. The van der Waals surface area contributed by atoms with Crippen molar-refractivity contribution in [3.8, 4) is 11.8 Å². The van der Waals surface area contributed by atoms with Gasteiger partial charge in [0.25, 0.3) is 5.91 Å². The third-order valence-corrected chi connectivity index (χ3v) is 3.93. The first kappa shape index (κ1) is 17.0. The second kappa shape index (κ2) is 8.31. The van der Waals surface area contributed by atoms with Gasteiger partial charge in [0, 0.05) is 4.47 Å². The van der Waals surface area contributed by atoms with Gasteiger partial charge in [-0.3, -0.25) is 4.79 Å². The zero-order chi connectivity index (χ0) is 16.7. The van der Waals surface area contributed by atoms with Crippen LogP contribution in [0.15, 0.2) is 40.2 Å². The number of hydrogen-bond donors (Lipinski definition) is 1. The fourth-order valence-corrected chi connectivity index (χ4v) is 2.54. The molecular weight excluding hydrogens is 384 g/mol. The number of hydrogen-bond acceptors (Lipinski definition) is 6. The molecule has 0 unspecified atom stereocenters. The minimum absolute atomic E-state index is 0.294. The van der Waals surface area contributed by atoms with Crippen molar-refractivity contribution in [2.45, 2.75) is 0 Å². The summed E-state index contributed by atoms with van der Waals surface area (Å²) in [4.78, 5) is 23.2. The minimum atomic E-state index is -0.658. The molecule has 0 radical (unpaired) electrons. The average molecular weight is 395 g/mol. The first-order valence-electron chi connectivity index (χ1n) is 6.40. The van der Waals surface area contributed by atoms with Crippen LogP contribution in [0, 0.1) is 11.3 Å². The number of nitrogens with zero attached hydrogens (tertiary/aromatic N) is 1. The Morgan fingerprint density at radius 2 is 1.96 bits per heavy atom. The molecule has 0 fully saturated rings. The van der Waals surface area contributed by atoms with Crippen molar-refractivity contribution in [3.05, 3.63) is 45.7 Å². The fourth-order valence-electron chi connectivity index (χ4n) is 1.52. The number of nitriles is 1. The van der Waals surface area contributed by atoms with Gasteiger partial charge < -0.3 is 14.8 Å². The number of carbonyl (C=O) groups is 2. The number of nitrogens with one attached hydrogen (secondary N) is 1. The van der Waals surface area contributed by atoms with Crippen LogP contribution in [-0.4, -0.2) is 25.1 Å². The van der Waals surface area contributed by atoms with E-state index in [2.05, 4.69) is 21.2 Å². The number of ether oxygens (including phenoxy) is 2. The highest BCUT2D eigenvalue weighted by Crippen LogP contribution is 2.21. The van der Waals surface area contributed by atoms with Gasteiger partial charge in [0.05, 0.1) is 5.56 Å². The molecule has 23 heavy (non-hydrogen) atoms. The van der Waals surface area contributed by atoms with Crippen molar-refractivity contribution in [1.82, 2.24) is 0 Å². The van der Waals surface area contributed by atoms with Crippen LogP contribution in [0.4, 0.5) is 5.00 Å². The van der Waals surface area contributed by atoms with E-state index in [4.69, 9.17) is 14.7 Å². The molecule has 1 aromatic heterocycles. The molecule has 0 aliphatic rings. The van der Waals surface area contributed by atoms with E-state index in [1.807, 2.05) is 6.07 Å². The summed E-state index contributed by atoms with van der Waals surface area (Å²) in [7, 11) is 0. The summed E-state index contributed by atoms with van der Waals surface area (Å²) in [6, 6.07) is 10.5. The summed E-state index contributed by atoms with van der Waals surface area (Å²) >= 11 is 4.51. The molecule has 0 aliphatic carbocycles. The summed E-state index contributed by atoms with van der Waals surface area (Å²) in [6.45, 7) is -0.733. The first-order valence-corrected chi connectivity index (χ1v) is 8.07. The number of esters is 1. The largest absolute Gasteiger partial charge is 0.482 e. The lowest BCUT2D eigenvalue weighted by atomic mass is 10.3. The van der Waals surface area contributed by atoms with Crippen LogP contribution in [0.2, 0.25) is 0 Å². The average Bonchev–Trinajstić information content (AvgIpc) is 2.99. The number of rotatable bonds is 6. The Kier molecular flexibility index (Phi) is 6.14.